The zero-order valence-electron chi connectivity index (χ0n) is 17.6. The Balaban J connectivity index is 1.58. The zero-order valence-corrected chi connectivity index (χ0v) is 17.6. The molecule has 0 N–H and O–H groups in total. The largest absolute Gasteiger partial charge is 0.493 e. The lowest BCUT2D eigenvalue weighted by Gasteiger charge is -2.37. The van der Waals surface area contributed by atoms with Gasteiger partial charge in [-0.1, -0.05) is 19.6 Å². The molecule has 0 aromatic heterocycles. The van der Waals surface area contributed by atoms with Crippen LogP contribution in [0.15, 0.2) is 30.9 Å². The van der Waals surface area contributed by atoms with Crippen LogP contribution < -0.4 is 9.47 Å². The number of likely N-dealkylation sites (tertiary alicyclic amines) is 2. The van der Waals surface area contributed by atoms with E-state index in [9.17, 15) is 9.59 Å². The van der Waals surface area contributed by atoms with Gasteiger partial charge < -0.3 is 19.3 Å². The number of methoxy groups -OCH3 is 1. The van der Waals surface area contributed by atoms with Gasteiger partial charge in [0.25, 0.3) is 5.91 Å². The molecule has 0 radical (unpaired) electrons. The monoisotopic (exact) mass is 400 g/mol. The molecule has 1 unspecified atom stereocenters. The molecule has 6 heteroatoms. The van der Waals surface area contributed by atoms with Crippen molar-refractivity contribution in [1.29, 1.82) is 0 Å². The van der Waals surface area contributed by atoms with Crippen molar-refractivity contribution in [3.8, 4) is 11.5 Å². The van der Waals surface area contributed by atoms with Gasteiger partial charge in [-0.3, -0.25) is 9.59 Å². The fraction of sp³-hybridized carbons (Fsp3) is 0.565. The first-order valence-electron chi connectivity index (χ1n) is 10.5. The number of amides is 2. The molecule has 2 heterocycles. The van der Waals surface area contributed by atoms with Crippen LogP contribution in [0.25, 0.3) is 0 Å². The van der Waals surface area contributed by atoms with Gasteiger partial charge in [-0.05, 0) is 49.8 Å². The number of rotatable bonds is 6. The van der Waals surface area contributed by atoms with E-state index in [1.165, 1.54) is 6.42 Å². The van der Waals surface area contributed by atoms with Crippen LogP contribution in [0.1, 0.15) is 43.0 Å². The van der Waals surface area contributed by atoms with Gasteiger partial charge in [0.15, 0.2) is 11.5 Å². The third-order valence-electron chi connectivity index (χ3n) is 5.87. The summed E-state index contributed by atoms with van der Waals surface area (Å²) in [5, 5.41) is 0. The third kappa shape index (κ3) is 5.11. The Hall–Kier alpha value is -2.50. The van der Waals surface area contributed by atoms with Crippen molar-refractivity contribution in [2.24, 2.45) is 11.8 Å². The van der Waals surface area contributed by atoms with Crippen LogP contribution in [0.5, 0.6) is 11.5 Å². The first kappa shape index (κ1) is 21.2. The summed E-state index contributed by atoms with van der Waals surface area (Å²) in [6.07, 6.45) is 5.42. The van der Waals surface area contributed by atoms with Crippen molar-refractivity contribution in [1.82, 2.24) is 9.80 Å². The summed E-state index contributed by atoms with van der Waals surface area (Å²) in [5.41, 5.74) is 0.572. The Labute approximate surface area is 173 Å². The molecular weight excluding hydrogens is 368 g/mol. The Kier molecular flexibility index (Phi) is 7.18. The maximum absolute atomic E-state index is 12.9. The second kappa shape index (κ2) is 9.81. The second-order valence-electron chi connectivity index (χ2n) is 8.06. The van der Waals surface area contributed by atoms with Gasteiger partial charge in [0.05, 0.1) is 7.11 Å². The lowest BCUT2D eigenvalue weighted by molar-refractivity contribution is -0.138. The maximum Gasteiger partial charge on any atom is 0.253 e. The molecule has 2 amide bonds. The molecular formula is C23H32N2O4. The molecule has 2 fully saturated rings. The summed E-state index contributed by atoms with van der Waals surface area (Å²) >= 11 is 0. The molecule has 3 rings (SSSR count). The van der Waals surface area contributed by atoms with E-state index in [-0.39, 0.29) is 17.7 Å². The zero-order chi connectivity index (χ0) is 20.8. The smallest absolute Gasteiger partial charge is 0.253 e. The Morgan fingerprint density at radius 3 is 2.55 bits per heavy atom. The van der Waals surface area contributed by atoms with Crippen molar-refractivity contribution < 1.29 is 19.1 Å². The summed E-state index contributed by atoms with van der Waals surface area (Å²) in [6.45, 7) is 9.19. The molecule has 1 aromatic carbocycles. The fourth-order valence-electron chi connectivity index (χ4n) is 4.23. The molecule has 2 aliphatic rings. The van der Waals surface area contributed by atoms with Gasteiger partial charge in [-0.2, -0.15) is 0 Å². The number of hydrogen-bond donors (Lipinski definition) is 0. The molecule has 29 heavy (non-hydrogen) atoms. The summed E-state index contributed by atoms with van der Waals surface area (Å²) in [4.78, 5) is 29.6. The van der Waals surface area contributed by atoms with Crippen molar-refractivity contribution in [2.45, 2.75) is 32.6 Å². The minimum Gasteiger partial charge on any atom is -0.493 e. The van der Waals surface area contributed by atoms with Crippen molar-refractivity contribution >= 4 is 11.8 Å². The molecule has 2 aliphatic heterocycles. The van der Waals surface area contributed by atoms with Crippen LogP contribution in [-0.4, -0.2) is 61.5 Å². The van der Waals surface area contributed by atoms with Crippen LogP contribution in [0.3, 0.4) is 0 Å². The molecule has 6 nitrogen and oxygen atoms in total. The number of carbonyl (C=O) groups excluding carboxylic acids is 2. The van der Waals surface area contributed by atoms with Crippen molar-refractivity contribution in [2.75, 3.05) is 39.9 Å². The summed E-state index contributed by atoms with van der Waals surface area (Å²) in [7, 11) is 1.56. The van der Waals surface area contributed by atoms with E-state index < -0.39 is 0 Å². The average Bonchev–Trinajstić information content (AvgIpc) is 2.76. The standard InChI is InChI=1S/C23H32N2O4/c1-4-14-29-20-8-7-19(15-21(20)28-3)23(27)24-12-9-18(10-13-24)22(26)25-11-5-6-17(2)16-25/h4,7-8,15,17-18H,1,5-6,9-14,16H2,2-3H3. The molecule has 0 aliphatic carbocycles. The summed E-state index contributed by atoms with van der Waals surface area (Å²) in [6, 6.07) is 5.23. The third-order valence-corrected chi connectivity index (χ3v) is 5.87. The van der Waals surface area contributed by atoms with Gasteiger partial charge in [0.1, 0.15) is 6.61 Å². The normalized spacial score (nSPS) is 20.3. The molecule has 1 aromatic rings. The van der Waals surface area contributed by atoms with Crippen molar-refractivity contribution in [3.05, 3.63) is 36.4 Å². The van der Waals surface area contributed by atoms with E-state index in [4.69, 9.17) is 9.47 Å². The van der Waals surface area contributed by atoms with E-state index in [1.54, 1.807) is 31.4 Å². The number of nitrogens with zero attached hydrogens (tertiary/aromatic N) is 2. The van der Waals surface area contributed by atoms with Crippen LogP contribution in [-0.2, 0) is 4.79 Å². The summed E-state index contributed by atoms with van der Waals surface area (Å²) < 4.78 is 10.9. The van der Waals surface area contributed by atoms with E-state index in [0.717, 1.165) is 32.4 Å². The van der Waals surface area contributed by atoms with Crippen molar-refractivity contribution in [3.63, 3.8) is 0 Å². The molecule has 2 saturated heterocycles. The quantitative estimate of drug-likeness (QED) is 0.687. The lowest BCUT2D eigenvalue weighted by atomic mass is 9.92. The lowest BCUT2D eigenvalue weighted by Crippen LogP contribution is -2.47. The van der Waals surface area contributed by atoms with Crippen LogP contribution in [0, 0.1) is 11.8 Å². The topological polar surface area (TPSA) is 59.1 Å². The van der Waals surface area contributed by atoms with Gasteiger partial charge in [0.2, 0.25) is 5.91 Å². The Morgan fingerprint density at radius 1 is 1.14 bits per heavy atom. The van der Waals surface area contributed by atoms with Gasteiger partial charge in [-0.15, -0.1) is 0 Å². The fourth-order valence-corrected chi connectivity index (χ4v) is 4.23. The highest BCUT2D eigenvalue weighted by Crippen LogP contribution is 2.30. The van der Waals surface area contributed by atoms with E-state index in [0.29, 0.717) is 42.7 Å². The molecule has 1 atom stereocenters. The Bertz CT molecular complexity index is 740. The molecule has 0 saturated carbocycles. The number of ether oxygens (including phenoxy) is 2. The average molecular weight is 401 g/mol. The highest BCUT2D eigenvalue weighted by Gasteiger charge is 2.32. The Morgan fingerprint density at radius 2 is 1.90 bits per heavy atom. The maximum atomic E-state index is 12.9. The minimum atomic E-state index is -0.0314. The molecule has 0 bridgehead atoms. The van der Waals surface area contributed by atoms with E-state index in [1.807, 2.05) is 9.80 Å². The van der Waals surface area contributed by atoms with Gasteiger partial charge in [-0.25, -0.2) is 0 Å². The molecule has 0 spiro atoms. The van der Waals surface area contributed by atoms with Crippen LogP contribution in [0.2, 0.25) is 0 Å². The van der Waals surface area contributed by atoms with Gasteiger partial charge >= 0.3 is 0 Å². The highest BCUT2D eigenvalue weighted by molar-refractivity contribution is 5.95. The van der Waals surface area contributed by atoms with Crippen LogP contribution >= 0.6 is 0 Å². The van der Waals surface area contributed by atoms with E-state index in [2.05, 4.69) is 13.5 Å². The predicted octanol–water partition coefficient (Wildman–Crippen LogP) is 3.37. The number of benzene rings is 1. The number of hydrogen-bond acceptors (Lipinski definition) is 4. The van der Waals surface area contributed by atoms with Gasteiger partial charge in [0, 0.05) is 37.7 Å². The second-order valence-corrected chi connectivity index (χ2v) is 8.06. The predicted molar refractivity (Wildman–Crippen MR) is 112 cm³/mol. The minimum absolute atomic E-state index is 0.0314. The number of piperidine rings is 2. The number of carbonyl (C=O) groups is 2. The van der Waals surface area contributed by atoms with E-state index >= 15 is 0 Å². The first-order valence-corrected chi connectivity index (χ1v) is 10.5. The SMILES string of the molecule is C=CCOc1ccc(C(=O)N2CCC(C(=O)N3CCCC(C)C3)CC2)cc1OC. The van der Waals surface area contributed by atoms with Crippen LogP contribution in [0.4, 0.5) is 0 Å². The highest BCUT2D eigenvalue weighted by atomic mass is 16.5. The molecule has 158 valence electrons. The summed E-state index contributed by atoms with van der Waals surface area (Å²) in [5.74, 6) is 1.98. The first-order chi connectivity index (χ1) is 14.0.